The Morgan fingerprint density at radius 1 is 1.44 bits per heavy atom. The van der Waals surface area contributed by atoms with Gasteiger partial charge in [0.15, 0.2) is 0 Å². The normalized spacial score (nSPS) is 10.3. The minimum atomic E-state index is -0.194. The molecule has 2 aromatic rings. The molecule has 0 amide bonds. The summed E-state index contributed by atoms with van der Waals surface area (Å²) in [6.07, 6.45) is 1.02. The zero-order valence-electron chi connectivity index (χ0n) is 10.5. The van der Waals surface area contributed by atoms with E-state index in [-0.39, 0.29) is 5.97 Å². The lowest BCUT2D eigenvalue weighted by molar-refractivity contribution is -0.140. The number of thiazole rings is 1. The summed E-state index contributed by atoms with van der Waals surface area (Å²) in [6, 6.07) is 8.26. The van der Waals surface area contributed by atoms with E-state index in [0.717, 1.165) is 16.3 Å². The van der Waals surface area contributed by atoms with Crippen LogP contribution in [0.5, 0.6) is 0 Å². The van der Waals surface area contributed by atoms with Crippen LogP contribution in [0.3, 0.4) is 0 Å². The van der Waals surface area contributed by atoms with Crippen molar-refractivity contribution in [3.05, 3.63) is 40.9 Å². The number of ether oxygens (including phenoxy) is 1. The van der Waals surface area contributed by atoms with Gasteiger partial charge in [0.05, 0.1) is 19.2 Å². The number of carbonyl (C=O) groups excluding carboxylic acids is 1. The van der Waals surface area contributed by atoms with Gasteiger partial charge in [-0.1, -0.05) is 23.8 Å². The summed E-state index contributed by atoms with van der Waals surface area (Å²) in [6.45, 7) is 2.06. The highest BCUT2D eigenvalue weighted by atomic mass is 32.1. The number of carbonyl (C=O) groups is 1. The van der Waals surface area contributed by atoms with Crippen molar-refractivity contribution in [2.75, 3.05) is 7.11 Å². The minimum absolute atomic E-state index is 0.194. The van der Waals surface area contributed by atoms with E-state index in [1.54, 1.807) is 11.3 Å². The predicted molar refractivity (Wildman–Crippen MR) is 72.6 cm³/mol. The smallest absolute Gasteiger partial charge is 0.305 e. The van der Waals surface area contributed by atoms with Crippen LogP contribution in [0.25, 0.3) is 10.6 Å². The Balaban J connectivity index is 2.08. The molecular weight excluding hydrogens is 246 g/mol. The largest absolute Gasteiger partial charge is 0.469 e. The number of rotatable bonds is 4. The molecule has 0 radical (unpaired) electrons. The van der Waals surface area contributed by atoms with Crippen molar-refractivity contribution in [1.29, 1.82) is 0 Å². The van der Waals surface area contributed by atoms with Gasteiger partial charge in [0, 0.05) is 17.4 Å². The SMILES string of the molecule is COC(=O)CCc1csc(-c2cccc(C)c2)n1. The topological polar surface area (TPSA) is 39.2 Å². The highest BCUT2D eigenvalue weighted by molar-refractivity contribution is 7.13. The van der Waals surface area contributed by atoms with Crippen molar-refractivity contribution in [3.63, 3.8) is 0 Å². The molecule has 0 bridgehead atoms. The molecule has 0 aliphatic rings. The molecule has 0 saturated heterocycles. The number of benzene rings is 1. The molecule has 0 unspecified atom stereocenters. The van der Waals surface area contributed by atoms with E-state index < -0.39 is 0 Å². The van der Waals surface area contributed by atoms with Gasteiger partial charge in [0.2, 0.25) is 0 Å². The van der Waals surface area contributed by atoms with E-state index in [1.165, 1.54) is 12.7 Å². The third-order valence-corrected chi connectivity index (χ3v) is 3.57. The van der Waals surface area contributed by atoms with E-state index >= 15 is 0 Å². The van der Waals surface area contributed by atoms with Gasteiger partial charge in [-0.15, -0.1) is 11.3 Å². The summed E-state index contributed by atoms with van der Waals surface area (Å²) in [4.78, 5) is 15.6. The van der Waals surface area contributed by atoms with E-state index in [9.17, 15) is 4.79 Å². The summed E-state index contributed by atoms with van der Waals surface area (Å²) in [5, 5.41) is 3.00. The molecule has 0 atom stereocenters. The van der Waals surface area contributed by atoms with Gasteiger partial charge in [-0.3, -0.25) is 4.79 Å². The molecule has 0 spiro atoms. The molecule has 4 heteroatoms. The minimum Gasteiger partial charge on any atom is -0.469 e. The van der Waals surface area contributed by atoms with Gasteiger partial charge in [0.25, 0.3) is 0 Å². The third kappa shape index (κ3) is 3.17. The average molecular weight is 261 g/mol. The lowest BCUT2D eigenvalue weighted by atomic mass is 10.1. The van der Waals surface area contributed by atoms with Crippen molar-refractivity contribution in [3.8, 4) is 10.6 Å². The Hall–Kier alpha value is -1.68. The van der Waals surface area contributed by atoms with Crippen LogP contribution in [-0.2, 0) is 16.0 Å². The Morgan fingerprint density at radius 3 is 3.00 bits per heavy atom. The number of nitrogens with zero attached hydrogens (tertiary/aromatic N) is 1. The first kappa shape index (κ1) is 12.8. The van der Waals surface area contributed by atoms with Gasteiger partial charge < -0.3 is 4.74 Å². The standard InChI is InChI=1S/C14H15NO2S/c1-10-4-3-5-11(8-10)14-15-12(9-18-14)6-7-13(16)17-2/h3-5,8-9H,6-7H2,1-2H3. The van der Waals surface area contributed by atoms with Crippen LogP contribution in [0.1, 0.15) is 17.7 Å². The summed E-state index contributed by atoms with van der Waals surface area (Å²) < 4.78 is 4.62. The van der Waals surface area contributed by atoms with Crippen LogP contribution < -0.4 is 0 Å². The van der Waals surface area contributed by atoms with Gasteiger partial charge in [0.1, 0.15) is 5.01 Å². The molecule has 1 aromatic carbocycles. The molecule has 1 aromatic heterocycles. The number of esters is 1. The average Bonchev–Trinajstić information content (AvgIpc) is 2.84. The molecule has 1 heterocycles. The molecule has 94 valence electrons. The monoisotopic (exact) mass is 261 g/mol. The maximum absolute atomic E-state index is 11.1. The van der Waals surface area contributed by atoms with Crippen molar-refractivity contribution in [2.24, 2.45) is 0 Å². The summed E-state index contributed by atoms with van der Waals surface area (Å²) >= 11 is 1.61. The Labute approximate surface area is 110 Å². The lowest BCUT2D eigenvalue weighted by Crippen LogP contribution is -2.01. The van der Waals surface area contributed by atoms with Gasteiger partial charge in [-0.2, -0.15) is 0 Å². The number of aryl methyl sites for hydroxylation is 2. The summed E-state index contributed by atoms with van der Waals surface area (Å²) in [5.41, 5.74) is 3.30. The van der Waals surface area contributed by atoms with Crippen molar-refractivity contribution in [1.82, 2.24) is 4.98 Å². The Bertz CT molecular complexity index is 548. The molecule has 0 N–H and O–H groups in total. The van der Waals surface area contributed by atoms with Crippen LogP contribution in [-0.4, -0.2) is 18.1 Å². The second kappa shape index (κ2) is 5.78. The molecule has 0 fully saturated rings. The van der Waals surface area contributed by atoms with Crippen molar-refractivity contribution in [2.45, 2.75) is 19.8 Å². The van der Waals surface area contributed by atoms with Gasteiger partial charge in [-0.25, -0.2) is 4.98 Å². The van der Waals surface area contributed by atoms with E-state index in [2.05, 4.69) is 34.8 Å². The zero-order chi connectivity index (χ0) is 13.0. The lowest BCUT2D eigenvalue weighted by Gasteiger charge is -1.98. The van der Waals surface area contributed by atoms with Crippen LogP contribution in [0, 0.1) is 6.92 Å². The molecule has 3 nitrogen and oxygen atoms in total. The number of aromatic nitrogens is 1. The second-order valence-corrected chi connectivity index (χ2v) is 4.95. The van der Waals surface area contributed by atoms with Gasteiger partial charge >= 0.3 is 5.97 Å². The fraction of sp³-hybridized carbons (Fsp3) is 0.286. The second-order valence-electron chi connectivity index (χ2n) is 4.09. The maximum atomic E-state index is 11.1. The van der Waals surface area contributed by atoms with E-state index in [1.807, 2.05) is 11.4 Å². The first-order chi connectivity index (χ1) is 8.69. The molecule has 18 heavy (non-hydrogen) atoms. The molecular formula is C14H15NO2S. The predicted octanol–water partition coefficient (Wildman–Crippen LogP) is 3.22. The first-order valence-electron chi connectivity index (χ1n) is 5.77. The molecule has 2 rings (SSSR count). The molecule has 0 aliphatic heterocycles. The van der Waals surface area contributed by atoms with E-state index in [4.69, 9.17) is 0 Å². The van der Waals surface area contributed by atoms with Crippen LogP contribution in [0.4, 0.5) is 0 Å². The summed E-state index contributed by atoms with van der Waals surface area (Å²) in [5.74, 6) is -0.194. The highest BCUT2D eigenvalue weighted by Gasteiger charge is 2.07. The third-order valence-electron chi connectivity index (χ3n) is 2.63. The number of methoxy groups -OCH3 is 1. The highest BCUT2D eigenvalue weighted by Crippen LogP contribution is 2.24. The summed E-state index contributed by atoms with van der Waals surface area (Å²) in [7, 11) is 1.40. The quantitative estimate of drug-likeness (QED) is 0.793. The molecule has 0 aliphatic carbocycles. The zero-order valence-corrected chi connectivity index (χ0v) is 11.3. The van der Waals surface area contributed by atoms with Gasteiger partial charge in [-0.05, 0) is 13.0 Å². The molecule has 0 saturated carbocycles. The van der Waals surface area contributed by atoms with Crippen molar-refractivity contribution >= 4 is 17.3 Å². The van der Waals surface area contributed by atoms with Crippen LogP contribution in [0.2, 0.25) is 0 Å². The Morgan fingerprint density at radius 2 is 2.28 bits per heavy atom. The van der Waals surface area contributed by atoms with Crippen LogP contribution in [0.15, 0.2) is 29.6 Å². The fourth-order valence-corrected chi connectivity index (χ4v) is 2.52. The maximum Gasteiger partial charge on any atom is 0.305 e. The van der Waals surface area contributed by atoms with Crippen molar-refractivity contribution < 1.29 is 9.53 Å². The number of hydrogen-bond donors (Lipinski definition) is 0. The van der Waals surface area contributed by atoms with E-state index in [0.29, 0.717) is 12.8 Å². The Kier molecular flexibility index (Phi) is 4.10. The van der Waals surface area contributed by atoms with Crippen LogP contribution >= 0.6 is 11.3 Å². The fourth-order valence-electron chi connectivity index (χ4n) is 1.66. The first-order valence-corrected chi connectivity index (χ1v) is 6.65. The number of hydrogen-bond acceptors (Lipinski definition) is 4.